The zero-order valence-corrected chi connectivity index (χ0v) is 31.2. The van der Waals surface area contributed by atoms with Crippen molar-refractivity contribution in [1.82, 2.24) is 9.13 Å². The lowest BCUT2D eigenvalue weighted by molar-refractivity contribution is 1.06. The number of hydrogen-bond acceptors (Lipinski definition) is 1. The standard InChI is InChI=1S/C52H37N5/c1-53-51(37-18-7-3-8-19-37)55-52(54-35-36-16-5-2-6-17-36)40-20-15-23-42(32-40)57-48-27-14-12-25-44(48)46-33-38(29-31-49(46)57)39-28-30-45-43-24-11-13-26-47(43)56(50(45)34-39)41-21-9-4-10-22-41/h2-34H,1,35H2. The number of fused-ring (bicyclic) bond motifs is 6. The third-order valence-corrected chi connectivity index (χ3v) is 10.7. The van der Waals surface area contributed by atoms with Crippen molar-refractivity contribution in [3.8, 4) is 22.5 Å². The van der Waals surface area contributed by atoms with Crippen molar-refractivity contribution >= 4 is 62.0 Å². The van der Waals surface area contributed by atoms with Gasteiger partial charge >= 0.3 is 0 Å². The molecule has 0 aliphatic carbocycles. The van der Waals surface area contributed by atoms with Gasteiger partial charge in [0, 0.05) is 44.0 Å². The fourth-order valence-electron chi connectivity index (χ4n) is 8.04. The van der Waals surface area contributed by atoms with Crippen LogP contribution in [-0.2, 0) is 6.54 Å². The molecular formula is C52H37N5. The molecule has 0 saturated carbocycles. The molecule has 0 atom stereocenters. The molecular weight excluding hydrogens is 695 g/mol. The summed E-state index contributed by atoms with van der Waals surface area (Å²) in [6.45, 7) is 4.34. The molecule has 2 heterocycles. The van der Waals surface area contributed by atoms with Gasteiger partial charge in [0.15, 0.2) is 11.7 Å². The summed E-state index contributed by atoms with van der Waals surface area (Å²) >= 11 is 0. The predicted molar refractivity (Wildman–Crippen MR) is 240 cm³/mol. The molecule has 10 aromatic rings. The Balaban J connectivity index is 1.10. The third-order valence-electron chi connectivity index (χ3n) is 10.7. The van der Waals surface area contributed by atoms with Crippen LogP contribution in [0.2, 0.25) is 0 Å². The van der Waals surface area contributed by atoms with E-state index in [1.807, 2.05) is 48.5 Å². The van der Waals surface area contributed by atoms with E-state index in [1.165, 1.54) is 43.7 Å². The SMILES string of the molecule is C=NC(=NC(=NCc1ccccc1)c1cccc(-n2c3ccccc3c3cc(-c4ccc5c6ccccc6n(-c6ccccc6)c5c4)ccc32)c1)c1ccccc1. The second-order valence-corrected chi connectivity index (χ2v) is 14.1. The van der Waals surface area contributed by atoms with E-state index >= 15 is 0 Å². The highest BCUT2D eigenvalue weighted by molar-refractivity contribution is 6.14. The van der Waals surface area contributed by atoms with Crippen LogP contribution >= 0.6 is 0 Å². The van der Waals surface area contributed by atoms with Crippen LogP contribution in [0.15, 0.2) is 215 Å². The molecule has 0 fully saturated rings. The van der Waals surface area contributed by atoms with E-state index in [4.69, 9.17) is 9.98 Å². The Kier molecular flexibility index (Phi) is 8.65. The fourth-order valence-corrected chi connectivity index (χ4v) is 8.04. The summed E-state index contributed by atoms with van der Waals surface area (Å²) in [5.74, 6) is 1.12. The van der Waals surface area contributed by atoms with Crippen LogP contribution in [0.4, 0.5) is 0 Å². The van der Waals surface area contributed by atoms with Crippen molar-refractivity contribution in [3.05, 3.63) is 217 Å². The maximum Gasteiger partial charge on any atom is 0.161 e. The first-order chi connectivity index (χ1) is 28.2. The van der Waals surface area contributed by atoms with Crippen molar-refractivity contribution in [2.75, 3.05) is 0 Å². The normalized spacial score (nSPS) is 12.2. The molecule has 0 radical (unpaired) electrons. The lowest BCUT2D eigenvalue weighted by atomic mass is 10.0. The topological polar surface area (TPSA) is 46.9 Å². The number of benzene rings is 8. The van der Waals surface area contributed by atoms with Gasteiger partial charge in [-0.1, -0.05) is 146 Å². The Morgan fingerprint density at radius 2 is 0.947 bits per heavy atom. The van der Waals surface area contributed by atoms with Gasteiger partial charge in [0.25, 0.3) is 0 Å². The van der Waals surface area contributed by atoms with Crippen LogP contribution in [0.5, 0.6) is 0 Å². The number of hydrogen-bond donors (Lipinski definition) is 0. The zero-order valence-electron chi connectivity index (χ0n) is 31.2. The second kappa shape index (κ2) is 14.5. The first kappa shape index (κ1) is 33.9. The molecule has 0 aliphatic heterocycles. The minimum absolute atomic E-state index is 0.485. The van der Waals surface area contributed by atoms with Gasteiger partial charge in [-0.15, -0.1) is 0 Å². The molecule has 0 spiro atoms. The van der Waals surface area contributed by atoms with Crippen LogP contribution in [-0.4, -0.2) is 27.5 Å². The minimum Gasteiger partial charge on any atom is -0.309 e. The molecule has 0 saturated heterocycles. The molecule has 0 unspecified atom stereocenters. The maximum atomic E-state index is 5.06. The molecule has 2 aromatic heterocycles. The van der Waals surface area contributed by atoms with Gasteiger partial charge in [-0.25, -0.2) is 9.98 Å². The molecule has 0 aliphatic rings. The summed E-state index contributed by atoms with van der Waals surface area (Å²) in [5, 5.41) is 4.87. The van der Waals surface area contributed by atoms with Crippen LogP contribution in [0, 0.1) is 0 Å². The molecule has 270 valence electrons. The molecule has 0 N–H and O–H groups in total. The molecule has 57 heavy (non-hydrogen) atoms. The first-order valence-corrected chi connectivity index (χ1v) is 19.2. The molecule has 10 rings (SSSR count). The van der Waals surface area contributed by atoms with Crippen molar-refractivity contribution in [2.45, 2.75) is 6.54 Å². The highest BCUT2D eigenvalue weighted by atomic mass is 15.0. The van der Waals surface area contributed by atoms with E-state index < -0.39 is 0 Å². The minimum atomic E-state index is 0.485. The first-order valence-electron chi connectivity index (χ1n) is 19.2. The van der Waals surface area contributed by atoms with Gasteiger partial charge < -0.3 is 9.13 Å². The van der Waals surface area contributed by atoms with Crippen molar-refractivity contribution < 1.29 is 0 Å². The number of para-hydroxylation sites is 3. The molecule has 8 aromatic carbocycles. The summed E-state index contributed by atoms with van der Waals surface area (Å²) in [5.41, 5.74) is 12.0. The van der Waals surface area contributed by atoms with E-state index in [9.17, 15) is 0 Å². The molecule has 5 nitrogen and oxygen atoms in total. The van der Waals surface area contributed by atoms with Crippen LogP contribution in [0.25, 0.3) is 66.1 Å². The van der Waals surface area contributed by atoms with Gasteiger partial charge in [-0.05, 0) is 78.0 Å². The van der Waals surface area contributed by atoms with Gasteiger partial charge in [-0.2, -0.15) is 0 Å². The van der Waals surface area contributed by atoms with Crippen molar-refractivity contribution in [1.29, 1.82) is 0 Å². The average molecular weight is 732 g/mol. The smallest absolute Gasteiger partial charge is 0.161 e. The summed E-state index contributed by atoms with van der Waals surface area (Å²) in [4.78, 5) is 14.4. The number of amidine groups is 2. The Morgan fingerprint density at radius 3 is 1.68 bits per heavy atom. The number of aromatic nitrogens is 2. The highest BCUT2D eigenvalue weighted by Gasteiger charge is 2.17. The molecule has 0 amide bonds. The Bertz CT molecular complexity index is 3150. The Labute approximate surface area is 330 Å². The van der Waals surface area contributed by atoms with E-state index in [0.717, 1.165) is 39.1 Å². The lowest BCUT2D eigenvalue weighted by Gasteiger charge is -2.12. The Hall–Kier alpha value is -7.63. The maximum absolute atomic E-state index is 5.06. The van der Waals surface area contributed by atoms with Gasteiger partial charge in [0.1, 0.15) is 0 Å². The van der Waals surface area contributed by atoms with Crippen molar-refractivity contribution in [3.63, 3.8) is 0 Å². The van der Waals surface area contributed by atoms with Gasteiger partial charge in [0.05, 0.1) is 28.6 Å². The highest BCUT2D eigenvalue weighted by Crippen LogP contribution is 2.38. The summed E-state index contributed by atoms with van der Waals surface area (Å²) < 4.78 is 4.72. The zero-order chi connectivity index (χ0) is 38.1. The number of rotatable bonds is 7. The van der Waals surface area contributed by atoms with Crippen LogP contribution in [0.3, 0.4) is 0 Å². The van der Waals surface area contributed by atoms with E-state index in [0.29, 0.717) is 18.2 Å². The van der Waals surface area contributed by atoms with Gasteiger partial charge in [-0.3, -0.25) is 4.99 Å². The second-order valence-electron chi connectivity index (χ2n) is 14.1. The molecule has 5 heteroatoms. The predicted octanol–water partition coefficient (Wildman–Crippen LogP) is 12.6. The largest absolute Gasteiger partial charge is 0.309 e. The van der Waals surface area contributed by atoms with E-state index in [2.05, 4.69) is 173 Å². The third kappa shape index (κ3) is 6.21. The lowest BCUT2D eigenvalue weighted by Crippen LogP contribution is -2.06. The van der Waals surface area contributed by atoms with Crippen LogP contribution < -0.4 is 0 Å². The molecule has 0 bridgehead atoms. The quantitative estimate of drug-likeness (QED) is 0.116. The number of aliphatic imine (C=N–C) groups is 3. The fraction of sp³-hybridized carbons (Fsp3) is 0.0192. The monoisotopic (exact) mass is 731 g/mol. The summed E-state index contributed by atoms with van der Waals surface area (Å²) in [6.07, 6.45) is 0. The summed E-state index contributed by atoms with van der Waals surface area (Å²) in [6, 6.07) is 70.3. The van der Waals surface area contributed by atoms with E-state index in [-0.39, 0.29) is 0 Å². The summed E-state index contributed by atoms with van der Waals surface area (Å²) in [7, 11) is 0. The van der Waals surface area contributed by atoms with E-state index in [1.54, 1.807) is 0 Å². The Morgan fingerprint density at radius 1 is 0.404 bits per heavy atom. The van der Waals surface area contributed by atoms with Crippen LogP contribution in [0.1, 0.15) is 16.7 Å². The van der Waals surface area contributed by atoms with Gasteiger partial charge in [0.2, 0.25) is 0 Å². The average Bonchev–Trinajstić information content (AvgIpc) is 3.80. The van der Waals surface area contributed by atoms with Crippen molar-refractivity contribution in [2.24, 2.45) is 15.0 Å². The number of nitrogens with zero attached hydrogens (tertiary/aromatic N) is 5.